The van der Waals surface area contributed by atoms with Crippen LogP contribution in [0.25, 0.3) is 0 Å². The maximum atomic E-state index is 12.7. The molecule has 0 atom stereocenters. The smallest absolute Gasteiger partial charge is 0.213 e. The normalized spacial score (nSPS) is 11.5. The molecule has 0 aliphatic rings. The summed E-state index contributed by atoms with van der Waals surface area (Å²) >= 11 is 0. The van der Waals surface area contributed by atoms with E-state index in [1.165, 1.54) is 6.07 Å². The van der Waals surface area contributed by atoms with E-state index in [9.17, 15) is 8.78 Å². The molecule has 0 saturated carbocycles. The molecule has 4 nitrogen and oxygen atoms in total. The summed E-state index contributed by atoms with van der Waals surface area (Å²) in [4.78, 5) is 3.63. The Kier molecular flexibility index (Phi) is 3.35. The summed E-state index contributed by atoms with van der Waals surface area (Å²) in [6, 6.07) is 3.40. The highest BCUT2D eigenvalue weighted by molar-refractivity contribution is 5.76. The Morgan fingerprint density at radius 3 is 2.71 bits per heavy atom. The quantitative estimate of drug-likeness (QED) is 0.376. The maximum Gasteiger partial charge on any atom is 0.213 e. The Bertz CT molecular complexity index is 354. The fourth-order valence-electron chi connectivity index (χ4n) is 0.850. The summed E-state index contributed by atoms with van der Waals surface area (Å²) in [6.07, 6.45) is 0. The Labute approximate surface area is 79.0 Å². The van der Waals surface area contributed by atoms with Crippen molar-refractivity contribution < 1.29 is 14.0 Å². The van der Waals surface area contributed by atoms with E-state index in [0.717, 1.165) is 12.1 Å². The lowest BCUT2D eigenvalue weighted by atomic mass is 10.2. The second kappa shape index (κ2) is 4.52. The third-order valence-corrected chi connectivity index (χ3v) is 1.53. The van der Waals surface area contributed by atoms with Crippen LogP contribution in [0.1, 0.15) is 5.56 Å². The number of benzene rings is 1. The van der Waals surface area contributed by atoms with Gasteiger partial charge in [-0.3, -0.25) is 5.21 Å². The van der Waals surface area contributed by atoms with E-state index in [1.807, 2.05) is 0 Å². The molecule has 0 aliphatic carbocycles. The number of aliphatic imine (C=N–C) groups is 1. The second-order valence-corrected chi connectivity index (χ2v) is 2.56. The zero-order valence-corrected chi connectivity index (χ0v) is 7.17. The molecule has 0 heterocycles. The largest absolute Gasteiger partial charge is 0.368 e. The highest BCUT2D eigenvalue weighted by atomic mass is 19.2. The van der Waals surface area contributed by atoms with Gasteiger partial charge in [0.25, 0.3) is 0 Å². The van der Waals surface area contributed by atoms with Crippen molar-refractivity contribution in [3.63, 3.8) is 0 Å². The van der Waals surface area contributed by atoms with Crippen LogP contribution in [0.2, 0.25) is 0 Å². The molecule has 1 aromatic carbocycles. The first-order chi connectivity index (χ1) is 6.63. The van der Waals surface area contributed by atoms with Crippen LogP contribution in [-0.4, -0.2) is 11.2 Å². The number of nitrogens with two attached hydrogens (primary N) is 1. The second-order valence-electron chi connectivity index (χ2n) is 2.56. The van der Waals surface area contributed by atoms with Gasteiger partial charge in [-0.25, -0.2) is 19.3 Å². The molecule has 0 aromatic heterocycles. The first-order valence-corrected chi connectivity index (χ1v) is 3.77. The molecule has 0 aliphatic heterocycles. The SMILES string of the molecule is NC(=NCc1ccc(F)c(F)c1)NO. The van der Waals surface area contributed by atoms with Gasteiger partial charge in [0.1, 0.15) is 0 Å². The summed E-state index contributed by atoms with van der Waals surface area (Å²) in [5, 5.41) is 8.27. The number of hydrogen-bond donors (Lipinski definition) is 3. The molecule has 0 unspecified atom stereocenters. The van der Waals surface area contributed by atoms with Crippen molar-refractivity contribution in [2.75, 3.05) is 0 Å². The van der Waals surface area contributed by atoms with Gasteiger partial charge in [-0.1, -0.05) is 6.07 Å². The van der Waals surface area contributed by atoms with Crippen LogP contribution in [0, 0.1) is 11.6 Å². The van der Waals surface area contributed by atoms with E-state index >= 15 is 0 Å². The molecule has 0 spiro atoms. The van der Waals surface area contributed by atoms with E-state index < -0.39 is 11.6 Å². The Balaban J connectivity index is 2.73. The minimum atomic E-state index is -0.937. The van der Waals surface area contributed by atoms with Crippen molar-refractivity contribution in [2.45, 2.75) is 6.54 Å². The third kappa shape index (κ3) is 2.67. The van der Waals surface area contributed by atoms with Crippen molar-refractivity contribution >= 4 is 5.96 Å². The van der Waals surface area contributed by atoms with Gasteiger partial charge in [-0.15, -0.1) is 0 Å². The number of hydroxylamine groups is 1. The molecule has 1 rings (SSSR count). The van der Waals surface area contributed by atoms with Gasteiger partial charge in [0, 0.05) is 0 Å². The molecule has 0 radical (unpaired) electrons. The molecule has 6 heteroatoms. The molecule has 0 fully saturated rings. The Morgan fingerprint density at radius 1 is 1.43 bits per heavy atom. The third-order valence-electron chi connectivity index (χ3n) is 1.53. The summed E-state index contributed by atoms with van der Waals surface area (Å²) < 4.78 is 25.1. The number of hydrogen-bond acceptors (Lipinski definition) is 2. The Morgan fingerprint density at radius 2 is 2.14 bits per heavy atom. The summed E-state index contributed by atoms with van der Waals surface area (Å²) in [7, 11) is 0. The van der Waals surface area contributed by atoms with Gasteiger partial charge in [0.2, 0.25) is 5.96 Å². The zero-order valence-electron chi connectivity index (χ0n) is 7.17. The van der Waals surface area contributed by atoms with E-state index in [-0.39, 0.29) is 12.5 Å². The average Bonchev–Trinajstić information content (AvgIpc) is 2.19. The Hall–Kier alpha value is -1.69. The molecule has 76 valence electrons. The number of nitrogens with zero attached hydrogens (tertiary/aromatic N) is 1. The molecule has 14 heavy (non-hydrogen) atoms. The van der Waals surface area contributed by atoms with E-state index in [4.69, 9.17) is 10.9 Å². The first-order valence-electron chi connectivity index (χ1n) is 3.77. The molecular formula is C8H9F2N3O. The lowest BCUT2D eigenvalue weighted by molar-refractivity contribution is 0.232. The number of halogens is 2. The van der Waals surface area contributed by atoms with Gasteiger partial charge >= 0.3 is 0 Å². The van der Waals surface area contributed by atoms with Gasteiger partial charge < -0.3 is 5.73 Å². The maximum absolute atomic E-state index is 12.7. The van der Waals surface area contributed by atoms with Gasteiger partial charge in [-0.05, 0) is 17.7 Å². The van der Waals surface area contributed by atoms with E-state index in [2.05, 4.69) is 4.99 Å². The number of nitrogens with one attached hydrogen (secondary N) is 1. The number of guanidine groups is 1. The van der Waals surface area contributed by atoms with Crippen LogP contribution in [-0.2, 0) is 6.54 Å². The van der Waals surface area contributed by atoms with Crippen molar-refractivity contribution in [2.24, 2.45) is 10.7 Å². The summed E-state index contributed by atoms with van der Waals surface area (Å²) in [5.74, 6) is -2.03. The van der Waals surface area contributed by atoms with E-state index in [0.29, 0.717) is 5.56 Å². The lowest BCUT2D eigenvalue weighted by Crippen LogP contribution is -2.28. The zero-order chi connectivity index (χ0) is 10.6. The molecule has 0 amide bonds. The molecular weight excluding hydrogens is 192 g/mol. The predicted octanol–water partition coefficient (Wildman–Crippen LogP) is 0.758. The molecule has 4 N–H and O–H groups in total. The van der Waals surface area contributed by atoms with Crippen LogP contribution in [0.3, 0.4) is 0 Å². The molecule has 1 aromatic rings. The first kappa shape index (κ1) is 10.4. The van der Waals surface area contributed by atoms with Crippen molar-refractivity contribution in [3.05, 3.63) is 35.4 Å². The van der Waals surface area contributed by atoms with Crippen LogP contribution in [0.4, 0.5) is 8.78 Å². The minimum Gasteiger partial charge on any atom is -0.368 e. The highest BCUT2D eigenvalue weighted by Gasteiger charge is 2.01. The van der Waals surface area contributed by atoms with Crippen LogP contribution >= 0.6 is 0 Å². The van der Waals surface area contributed by atoms with E-state index in [1.54, 1.807) is 5.48 Å². The number of rotatable bonds is 2. The van der Waals surface area contributed by atoms with Crippen molar-refractivity contribution in [1.29, 1.82) is 0 Å². The van der Waals surface area contributed by atoms with Gasteiger partial charge in [-0.2, -0.15) is 0 Å². The highest BCUT2D eigenvalue weighted by Crippen LogP contribution is 2.09. The van der Waals surface area contributed by atoms with Gasteiger partial charge in [0.15, 0.2) is 11.6 Å². The van der Waals surface area contributed by atoms with Crippen molar-refractivity contribution in [1.82, 2.24) is 5.48 Å². The van der Waals surface area contributed by atoms with Gasteiger partial charge in [0.05, 0.1) is 6.54 Å². The van der Waals surface area contributed by atoms with Crippen LogP contribution in [0.5, 0.6) is 0 Å². The summed E-state index contributed by atoms with van der Waals surface area (Å²) in [5.41, 5.74) is 7.19. The predicted molar refractivity (Wildman–Crippen MR) is 46.6 cm³/mol. The van der Waals surface area contributed by atoms with Crippen molar-refractivity contribution in [3.8, 4) is 0 Å². The van der Waals surface area contributed by atoms with Crippen LogP contribution < -0.4 is 11.2 Å². The molecule has 0 saturated heterocycles. The average molecular weight is 201 g/mol. The standard InChI is InChI=1S/C8H9F2N3O/c9-6-2-1-5(3-7(6)10)4-12-8(11)13-14/h1-3,14H,4H2,(H3,11,12,13). The summed E-state index contributed by atoms with van der Waals surface area (Å²) in [6.45, 7) is 0.0661. The minimum absolute atomic E-state index is 0.0661. The fraction of sp³-hybridized carbons (Fsp3) is 0.125. The molecule has 0 bridgehead atoms. The lowest BCUT2D eigenvalue weighted by Gasteiger charge is -1.99. The monoisotopic (exact) mass is 201 g/mol. The van der Waals surface area contributed by atoms with Crippen LogP contribution in [0.15, 0.2) is 23.2 Å². The topological polar surface area (TPSA) is 70.6 Å². The fourth-order valence-corrected chi connectivity index (χ4v) is 0.850.